The monoisotopic (exact) mass is 305 g/mol. The number of esters is 1. The molecule has 118 valence electrons. The number of ether oxygens (including phenoxy) is 1. The average molecular weight is 305 g/mol. The van der Waals surface area contributed by atoms with Crippen LogP contribution >= 0.6 is 0 Å². The van der Waals surface area contributed by atoms with Crippen LogP contribution in [0.3, 0.4) is 0 Å². The quantitative estimate of drug-likeness (QED) is 0.783. The van der Waals surface area contributed by atoms with Gasteiger partial charge in [-0.2, -0.15) is 0 Å². The summed E-state index contributed by atoms with van der Waals surface area (Å²) in [5.41, 5.74) is 6.52. The van der Waals surface area contributed by atoms with Crippen molar-refractivity contribution in [3.63, 3.8) is 0 Å². The van der Waals surface area contributed by atoms with Crippen LogP contribution in [0, 0.1) is 0 Å². The number of hydrogen-bond acceptors (Lipinski definition) is 5. The van der Waals surface area contributed by atoms with Gasteiger partial charge in [-0.15, -0.1) is 0 Å². The number of methoxy groups -OCH3 is 1. The summed E-state index contributed by atoms with van der Waals surface area (Å²) in [5.74, 6) is 0.475. The van der Waals surface area contributed by atoms with E-state index < -0.39 is 5.97 Å². The molecule has 0 atom stereocenters. The Hall–Kier alpha value is -2.61. The van der Waals surface area contributed by atoms with Crippen LogP contribution in [0.1, 0.15) is 16.9 Å². The third-order valence-electron chi connectivity index (χ3n) is 3.17. The molecule has 0 bridgehead atoms. The van der Waals surface area contributed by atoms with Gasteiger partial charge < -0.3 is 24.9 Å². The number of nitrogens with two attached hydrogens (primary N) is 1. The number of hydrogen-bond donors (Lipinski definition) is 2. The number of rotatable bonds is 5. The highest BCUT2D eigenvalue weighted by Crippen LogP contribution is 2.23. The van der Waals surface area contributed by atoms with E-state index in [0.29, 0.717) is 17.3 Å². The lowest BCUT2D eigenvalue weighted by molar-refractivity contribution is -0.116. The Labute approximate surface area is 127 Å². The SMILES string of the molecule is COC(=O)c1cc(-c2nc(NC(=O)CCN)cn2C)cn1C. The van der Waals surface area contributed by atoms with Gasteiger partial charge in [-0.05, 0) is 6.07 Å². The van der Waals surface area contributed by atoms with E-state index in [9.17, 15) is 9.59 Å². The van der Waals surface area contributed by atoms with E-state index in [0.717, 1.165) is 5.56 Å². The van der Waals surface area contributed by atoms with Crippen LogP contribution in [-0.4, -0.2) is 39.6 Å². The number of imidazole rings is 1. The minimum absolute atomic E-state index is 0.185. The first-order chi connectivity index (χ1) is 10.5. The molecule has 2 aromatic rings. The maximum absolute atomic E-state index is 11.6. The standard InChI is InChI=1S/C14H19N5O3/c1-18-7-9(6-10(18)14(21)22-3)13-17-11(8-19(13)2)16-12(20)4-5-15/h6-8H,4-5,15H2,1-3H3,(H,16,20). The molecular formula is C14H19N5O3. The van der Waals surface area contributed by atoms with E-state index in [1.54, 1.807) is 34.6 Å². The minimum Gasteiger partial charge on any atom is -0.464 e. The second-order valence-corrected chi connectivity index (χ2v) is 4.86. The molecule has 2 rings (SSSR count). The molecule has 0 radical (unpaired) electrons. The highest BCUT2D eigenvalue weighted by molar-refractivity contribution is 5.91. The summed E-state index contributed by atoms with van der Waals surface area (Å²) in [7, 11) is 4.90. The highest BCUT2D eigenvalue weighted by atomic mass is 16.5. The van der Waals surface area contributed by atoms with Crippen molar-refractivity contribution >= 4 is 17.7 Å². The third-order valence-corrected chi connectivity index (χ3v) is 3.17. The van der Waals surface area contributed by atoms with Crippen molar-refractivity contribution in [1.29, 1.82) is 0 Å². The summed E-state index contributed by atoms with van der Waals surface area (Å²) >= 11 is 0. The zero-order valence-electron chi connectivity index (χ0n) is 12.8. The maximum Gasteiger partial charge on any atom is 0.354 e. The molecule has 22 heavy (non-hydrogen) atoms. The molecule has 2 heterocycles. The Morgan fingerprint density at radius 3 is 2.68 bits per heavy atom. The molecule has 0 fully saturated rings. The van der Waals surface area contributed by atoms with Crippen molar-refractivity contribution in [3.05, 3.63) is 24.2 Å². The number of aromatic nitrogens is 3. The second kappa shape index (κ2) is 6.44. The molecule has 0 aliphatic carbocycles. The summed E-state index contributed by atoms with van der Waals surface area (Å²) in [4.78, 5) is 27.6. The van der Waals surface area contributed by atoms with Gasteiger partial charge in [0, 0.05) is 45.0 Å². The fraction of sp³-hybridized carbons (Fsp3) is 0.357. The summed E-state index contributed by atoms with van der Waals surface area (Å²) < 4.78 is 8.17. The molecule has 0 saturated carbocycles. The van der Waals surface area contributed by atoms with Crippen molar-refractivity contribution in [2.45, 2.75) is 6.42 Å². The Bertz CT molecular complexity index is 701. The summed E-state index contributed by atoms with van der Waals surface area (Å²) in [5, 5.41) is 2.68. The Morgan fingerprint density at radius 2 is 2.05 bits per heavy atom. The van der Waals surface area contributed by atoms with Crippen LogP contribution in [0.25, 0.3) is 11.4 Å². The fourth-order valence-corrected chi connectivity index (χ4v) is 2.13. The van der Waals surface area contributed by atoms with E-state index >= 15 is 0 Å². The molecule has 0 unspecified atom stereocenters. The van der Waals surface area contributed by atoms with Crippen molar-refractivity contribution in [3.8, 4) is 11.4 Å². The van der Waals surface area contributed by atoms with Crippen molar-refractivity contribution in [2.24, 2.45) is 19.8 Å². The lowest BCUT2D eigenvalue weighted by Gasteiger charge is -1.98. The topological polar surface area (TPSA) is 104 Å². The molecule has 0 aliphatic heterocycles. The predicted molar refractivity (Wildman–Crippen MR) is 81.3 cm³/mol. The molecule has 0 saturated heterocycles. The molecule has 0 aromatic carbocycles. The van der Waals surface area contributed by atoms with E-state index in [1.807, 2.05) is 7.05 Å². The minimum atomic E-state index is -0.417. The van der Waals surface area contributed by atoms with Crippen LogP contribution in [0.2, 0.25) is 0 Å². The fourth-order valence-electron chi connectivity index (χ4n) is 2.13. The van der Waals surface area contributed by atoms with E-state index in [4.69, 9.17) is 10.5 Å². The number of nitrogens with zero attached hydrogens (tertiary/aromatic N) is 3. The largest absolute Gasteiger partial charge is 0.464 e. The predicted octanol–water partition coefficient (Wildman–Crippen LogP) is 0.499. The number of carbonyl (C=O) groups excluding carboxylic acids is 2. The van der Waals surface area contributed by atoms with Gasteiger partial charge in [-0.3, -0.25) is 4.79 Å². The summed E-state index contributed by atoms with van der Waals surface area (Å²) in [6.45, 7) is 0.284. The molecule has 3 N–H and O–H groups in total. The van der Waals surface area contributed by atoms with Gasteiger partial charge in [-0.25, -0.2) is 9.78 Å². The normalized spacial score (nSPS) is 10.5. The number of carbonyl (C=O) groups is 2. The lowest BCUT2D eigenvalue weighted by atomic mass is 10.3. The molecule has 2 aromatic heterocycles. The van der Waals surface area contributed by atoms with Crippen molar-refractivity contribution < 1.29 is 14.3 Å². The van der Waals surface area contributed by atoms with Crippen molar-refractivity contribution in [1.82, 2.24) is 14.1 Å². The first-order valence-corrected chi connectivity index (χ1v) is 6.74. The molecule has 0 aliphatic rings. The van der Waals surface area contributed by atoms with E-state index in [-0.39, 0.29) is 18.9 Å². The average Bonchev–Trinajstić information content (AvgIpc) is 3.01. The van der Waals surface area contributed by atoms with Crippen LogP contribution in [0.15, 0.2) is 18.5 Å². The Morgan fingerprint density at radius 1 is 1.32 bits per heavy atom. The van der Waals surface area contributed by atoms with E-state index in [2.05, 4.69) is 10.3 Å². The van der Waals surface area contributed by atoms with E-state index in [1.165, 1.54) is 7.11 Å². The lowest BCUT2D eigenvalue weighted by Crippen LogP contribution is -2.16. The number of nitrogens with one attached hydrogen (secondary N) is 1. The van der Waals surface area contributed by atoms with Crippen LogP contribution in [0.5, 0.6) is 0 Å². The van der Waals surface area contributed by atoms with Gasteiger partial charge in [0.2, 0.25) is 5.91 Å². The van der Waals surface area contributed by atoms with Gasteiger partial charge in [0.05, 0.1) is 7.11 Å². The first kappa shape index (κ1) is 15.8. The summed E-state index contributed by atoms with van der Waals surface area (Å²) in [6, 6.07) is 1.69. The number of amides is 1. The van der Waals surface area contributed by atoms with Gasteiger partial charge in [0.15, 0.2) is 5.82 Å². The first-order valence-electron chi connectivity index (χ1n) is 6.74. The van der Waals surface area contributed by atoms with Crippen LogP contribution in [0.4, 0.5) is 5.82 Å². The van der Waals surface area contributed by atoms with Gasteiger partial charge >= 0.3 is 5.97 Å². The molecule has 8 heteroatoms. The smallest absolute Gasteiger partial charge is 0.354 e. The number of aryl methyl sites for hydroxylation is 2. The Balaban J connectivity index is 2.28. The third kappa shape index (κ3) is 3.17. The second-order valence-electron chi connectivity index (χ2n) is 4.86. The zero-order valence-corrected chi connectivity index (χ0v) is 12.8. The summed E-state index contributed by atoms with van der Waals surface area (Å²) in [6.07, 6.45) is 3.72. The molecule has 0 spiro atoms. The van der Waals surface area contributed by atoms with Gasteiger partial charge in [-0.1, -0.05) is 0 Å². The van der Waals surface area contributed by atoms with Gasteiger partial charge in [0.1, 0.15) is 11.5 Å². The zero-order chi connectivity index (χ0) is 16.3. The van der Waals surface area contributed by atoms with Crippen molar-refractivity contribution in [2.75, 3.05) is 19.0 Å². The Kier molecular flexibility index (Phi) is 4.62. The van der Waals surface area contributed by atoms with Crippen LogP contribution in [-0.2, 0) is 23.6 Å². The van der Waals surface area contributed by atoms with Gasteiger partial charge in [0.25, 0.3) is 0 Å². The molecular weight excluding hydrogens is 286 g/mol. The van der Waals surface area contributed by atoms with Crippen LogP contribution < -0.4 is 11.1 Å². The maximum atomic E-state index is 11.6. The number of anilines is 1. The molecule has 1 amide bonds. The highest BCUT2D eigenvalue weighted by Gasteiger charge is 2.16. The molecule has 8 nitrogen and oxygen atoms in total.